The molecule has 6 heteroatoms. The number of anilines is 1. The number of thiophene rings is 1. The van der Waals surface area contributed by atoms with E-state index in [-0.39, 0.29) is 17.9 Å². The van der Waals surface area contributed by atoms with E-state index in [2.05, 4.69) is 22.1 Å². The zero-order chi connectivity index (χ0) is 18.4. The standard InChI is InChI=1S/C20H23N3O2S/c1-2-11-21-19(24)16-6-3-4-7-17(16)23-12-9-15(10-13-23)22-20(25)18-8-5-14-26-18/h2-8,14-15H,1,9-13H2,(H,21,24)(H,22,25). The number of rotatable bonds is 6. The van der Waals surface area contributed by atoms with Crippen LogP contribution in [0.2, 0.25) is 0 Å². The Hall–Kier alpha value is -2.60. The molecule has 0 atom stereocenters. The molecule has 2 heterocycles. The van der Waals surface area contributed by atoms with Gasteiger partial charge in [0.15, 0.2) is 0 Å². The minimum Gasteiger partial charge on any atom is -0.371 e. The van der Waals surface area contributed by atoms with Gasteiger partial charge >= 0.3 is 0 Å². The number of para-hydroxylation sites is 1. The average Bonchev–Trinajstić information content (AvgIpc) is 3.22. The second-order valence-corrected chi connectivity index (χ2v) is 7.18. The van der Waals surface area contributed by atoms with E-state index in [9.17, 15) is 9.59 Å². The fourth-order valence-corrected chi connectivity index (χ4v) is 3.76. The molecule has 0 saturated carbocycles. The van der Waals surface area contributed by atoms with Gasteiger partial charge in [-0.25, -0.2) is 0 Å². The van der Waals surface area contributed by atoms with Crippen molar-refractivity contribution in [1.82, 2.24) is 10.6 Å². The number of carbonyl (C=O) groups is 2. The van der Waals surface area contributed by atoms with E-state index >= 15 is 0 Å². The van der Waals surface area contributed by atoms with E-state index in [0.717, 1.165) is 36.5 Å². The van der Waals surface area contributed by atoms with Crippen LogP contribution in [0.1, 0.15) is 32.9 Å². The normalized spacial score (nSPS) is 14.7. The maximum atomic E-state index is 12.4. The van der Waals surface area contributed by atoms with Crippen LogP contribution in [0.4, 0.5) is 5.69 Å². The van der Waals surface area contributed by atoms with E-state index in [0.29, 0.717) is 12.1 Å². The summed E-state index contributed by atoms with van der Waals surface area (Å²) in [6.07, 6.45) is 3.39. The molecular weight excluding hydrogens is 346 g/mol. The van der Waals surface area contributed by atoms with Crippen molar-refractivity contribution in [2.24, 2.45) is 0 Å². The lowest BCUT2D eigenvalue weighted by Gasteiger charge is -2.34. The molecule has 0 spiro atoms. The summed E-state index contributed by atoms with van der Waals surface area (Å²) in [5.41, 5.74) is 1.62. The van der Waals surface area contributed by atoms with Gasteiger partial charge < -0.3 is 15.5 Å². The molecule has 1 aromatic heterocycles. The Morgan fingerprint density at radius 2 is 1.92 bits per heavy atom. The highest BCUT2D eigenvalue weighted by Gasteiger charge is 2.24. The summed E-state index contributed by atoms with van der Waals surface area (Å²) in [6.45, 7) is 5.69. The molecule has 2 amide bonds. The number of amides is 2. The third-order valence-corrected chi connectivity index (χ3v) is 5.34. The first-order valence-corrected chi connectivity index (χ1v) is 9.64. The SMILES string of the molecule is C=CCNC(=O)c1ccccc1N1CCC(NC(=O)c2cccs2)CC1. The monoisotopic (exact) mass is 369 g/mol. The van der Waals surface area contributed by atoms with Gasteiger partial charge in [-0.05, 0) is 36.4 Å². The van der Waals surface area contributed by atoms with E-state index in [1.54, 1.807) is 6.08 Å². The molecule has 5 nitrogen and oxygen atoms in total. The molecule has 0 radical (unpaired) electrons. The van der Waals surface area contributed by atoms with Crippen molar-refractivity contribution in [3.05, 3.63) is 64.9 Å². The molecule has 1 fully saturated rings. The van der Waals surface area contributed by atoms with E-state index in [1.165, 1.54) is 11.3 Å². The molecule has 2 aromatic rings. The Labute approximate surface area is 157 Å². The van der Waals surface area contributed by atoms with Crippen molar-refractivity contribution < 1.29 is 9.59 Å². The lowest BCUT2D eigenvalue weighted by Crippen LogP contribution is -2.45. The van der Waals surface area contributed by atoms with Gasteiger partial charge in [0, 0.05) is 31.4 Å². The summed E-state index contributed by atoms with van der Waals surface area (Å²) >= 11 is 1.45. The summed E-state index contributed by atoms with van der Waals surface area (Å²) in [5.74, 6) is -0.0868. The summed E-state index contributed by atoms with van der Waals surface area (Å²) in [4.78, 5) is 27.5. The van der Waals surface area contributed by atoms with Gasteiger partial charge in [0.05, 0.1) is 10.4 Å². The molecule has 0 bridgehead atoms. The Morgan fingerprint density at radius 1 is 1.15 bits per heavy atom. The summed E-state index contributed by atoms with van der Waals surface area (Å²) < 4.78 is 0. The fourth-order valence-electron chi connectivity index (χ4n) is 3.13. The predicted molar refractivity (Wildman–Crippen MR) is 106 cm³/mol. The molecule has 3 rings (SSSR count). The van der Waals surface area contributed by atoms with Gasteiger partial charge in [-0.3, -0.25) is 9.59 Å². The maximum absolute atomic E-state index is 12.4. The van der Waals surface area contributed by atoms with Gasteiger partial charge in [0.25, 0.3) is 11.8 Å². The Kier molecular flexibility index (Phi) is 6.07. The van der Waals surface area contributed by atoms with Crippen LogP contribution in [0.3, 0.4) is 0 Å². The average molecular weight is 369 g/mol. The number of hydrogen-bond acceptors (Lipinski definition) is 4. The third kappa shape index (κ3) is 4.32. The van der Waals surface area contributed by atoms with Gasteiger partial charge in [-0.2, -0.15) is 0 Å². The van der Waals surface area contributed by atoms with Gasteiger partial charge in [-0.1, -0.05) is 24.3 Å². The van der Waals surface area contributed by atoms with Crippen LogP contribution in [0.5, 0.6) is 0 Å². The van der Waals surface area contributed by atoms with Gasteiger partial charge in [-0.15, -0.1) is 17.9 Å². The lowest BCUT2D eigenvalue weighted by molar-refractivity contribution is 0.0933. The Morgan fingerprint density at radius 3 is 2.62 bits per heavy atom. The van der Waals surface area contributed by atoms with Crippen molar-refractivity contribution in [3.63, 3.8) is 0 Å². The number of carbonyl (C=O) groups excluding carboxylic acids is 2. The molecule has 1 saturated heterocycles. The minimum atomic E-state index is -0.0892. The van der Waals surface area contributed by atoms with E-state index in [4.69, 9.17) is 0 Å². The van der Waals surface area contributed by atoms with Crippen molar-refractivity contribution in [1.29, 1.82) is 0 Å². The van der Waals surface area contributed by atoms with E-state index in [1.807, 2.05) is 41.8 Å². The second-order valence-electron chi connectivity index (χ2n) is 6.23. The first-order valence-electron chi connectivity index (χ1n) is 8.76. The molecule has 26 heavy (non-hydrogen) atoms. The zero-order valence-electron chi connectivity index (χ0n) is 14.6. The topological polar surface area (TPSA) is 61.4 Å². The lowest BCUT2D eigenvalue weighted by atomic mass is 10.0. The first-order chi connectivity index (χ1) is 12.7. The van der Waals surface area contributed by atoms with Crippen molar-refractivity contribution >= 4 is 28.8 Å². The van der Waals surface area contributed by atoms with Crippen molar-refractivity contribution in [2.45, 2.75) is 18.9 Å². The molecule has 1 aliphatic rings. The second kappa shape index (κ2) is 8.67. The molecule has 0 aliphatic carbocycles. The summed E-state index contributed by atoms with van der Waals surface area (Å²) in [6, 6.07) is 11.5. The number of hydrogen-bond donors (Lipinski definition) is 2. The summed E-state index contributed by atoms with van der Waals surface area (Å²) in [5, 5.41) is 7.86. The van der Waals surface area contributed by atoms with Crippen LogP contribution >= 0.6 is 11.3 Å². The van der Waals surface area contributed by atoms with Gasteiger partial charge in [0.2, 0.25) is 0 Å². The number of nitrogens with zero attached hydrogens (tertiary/aromatic N) is 1. The van der Waals surface area contributed by atoms with E-state index < -0.39 is 0 Å². The highest BCUT2D eigenvalue weighted by Crippen LogP contribution is 2.24. The smallest absolute Gasteiger partial charge is 0.261 e. The van der Waals surface area contributed by atoms with Gasteiger partial charge in [0.1, 0.15) is 0 Å². The zero-order valence-corrected chi connectivity index (χ0v) is 15.4. The molecule has 1 aliphatic heterocycles. The Balaban J connectivity index is 1.60. The summed E-state index contributed by atoms with van der Waals surface area (Å²) in [7, 11) is 0. The molecule has 2 N–H and O–H groups in total. The first kappa shape index (κ1) is 18.2. The number of piperidine rings is 1. The fraction of sp³-hybridized carbons (Fsp3) is 0.300. The van der Waals surface area contributed by atoms with Crippen LogP contribution in [-0.2, 0) is 0 Å². The molecule has 136 valence electrons. The molecule has 1 aromatic carbocycles. The van der Waals surface area contributed by atoms with Crippen LogP contribution in [0.15, 0.2) is 54.4 Å². The maximum Gasteiger partial charge on any atom is 0.261 e. The minimum absolute atomic E-state index is 0.00246. The van der Waals surface area contributed by atoms with Crippen molar-refractivity contribution in [3.8, 4) is 0 Å². The third-order valence-electron chi connectivity index (χ3n) is 4.47. The quantitative estimate of drug-likeness (QED) is 0.770. The van der Waals surface area contributed by atoms with Crippen LogP contribution in [0.25, 0.3) is 0 Å². The number of benzene rings is 1. The number of nitrogens with one attached hydrogen (secondary N) is 2. The van der Waals surface area contributed by atoms with Crippen molar-refractivity contribution in [2.75, 3.05) is 24.5 Å². The molecular formula is C20H23N3O2S. The Bertz CT molecular complexity index is 765. The van der Waals surface area contributed by atoms with Crippen LogP contribution in [0, 0.1) is 0 Å². The van der Waals surface area contributed by atoms with Crippen LogP contribution < -0.4 is 15.5 Å². The largest absolute Gasteiger partial charge is 0.371 e. The predicted octanol–water partition coefficient (Wildman–Crippen LogP) is 3.06. The highest BCUT2D eigenvalue weighted by molar-refractivity contribution is 7.12. The molecule has 0 unspecified atom stereocenters. The van der Waals surface area contributed by atoms with Crippen LogP contribution in [-0.4, -0.2) is 37.5 Å². The highest BCUT2D eigenvalue weighted by atomic mass is 32.1.